The number of aromatic nitrogens is 1. The van der Waals surface area contributed by atoms with Crippen molar-refractivity contribution in [3.05, 3.63) is 58.3 Å². The number of nitrogens with zero attached hydrogens (tertiary/aromatic N) is 2. The molecule has 7 heteroatoms. The molecule has 0 aliphatic heterocycles. The standard InChI is InChI=1S/C12H8N2O5/c15-12(16)9-6-7-10(14(17)18)11(13-9)19-8-4-2-1-3-5-8/h1-7H,(H,15,16). The molecule has 7 nitrogen and oxygen atoms in total. The zero-order chi connectivity index (χ0) is 13.8. The number of rotatable bonds is 4. The maximum atomic E-state index is 10.8. The number of carboxylic acids is 1. The molecule has 1 N–H and O–H groups in total. The molecule has 1 aromatic carbocycles. The molecule has 0 saturated heterocycles. The van der Waals surface area contributed by atoms with Crippen LogP contribution in [0.4, 0.5) is 5.69 Å². The van der Waals surface area contributed by atoms with E-state index in [0.29, 0.717) is 5.75 Å². The lowest BCUT2D eigenvalue weighted by Crippen LogP contribution is -2.03. The largest absolute Gasteiger partial charge is 0.477 e. The average Bonchev–Trinajstić information content (AvgIpc) is 2.39. The van der Waals surface area contributed by atoms with E-state index in [0.717, 1.165) is 12.1 Å². The molecule has 19 heavy (non-hydrogen) atoms. The normalized spacial score (nSPS) is 9.89. The Kier molecular flexibility index (Phi) is 3.37. The van der Waals surface area contributed by atoms with Crippen molar-refractivity contribution in [3.63, 3.8) is 0 Å². The van der Waals surface area contributed by atoms with Crippen molar-refractivity contribution in [2.75, 3.05) is 0 Å². The van der Waals surface area contributed by atoms with Gasteiger partial charge in [0.2, 0.25) is 0 Å². The van der Waals surface area contributed by atoms with Gasteiger partial charge in [-0.15, -0.1) is 0 Å². The number of nitro groups is 1. The van der Waals surface area contributed by atoms with Crippen LogP contribution in [-0.2, 0) is 0 Å². The van der Waals surface area contributed by atoms with Gasteiger partial charge in [0.05, 0.1) is 4.92 Å². The molecule has 96 valence electrons. The highest BCUT2D eigenvalue weighted by Crippen LogP contribution is 2.29. The van der Waals surface area contributed by atoms with Gasteiger partial charge >= 0.3 is 11.7 Å². The first-order valence-electron chi connectivity index (χ1n) is 5.19. The van der Waals surface area contributed by atoms with Gasteiger partial charge in [0.1, 0.15) is 5.75 Å². The average molecular weight is 260 g/mol. The lowest BCUT2D eigenvalue weighted by Gasteiger charge is -2.05. The van der Waals surface area contributed by atoms with Crippen molar-refractivity contribution < 1.29 is 19.6 Å². The molecule has 2 aromatic rings. The van der Waals surface area contributed by atoms with Crippen molar-refractivity contribution in [2.45, 2.75) is 0 Å². The number of ether oxygens (including phenoxy) is 1. The molecule has 1 aromatic heterocycles. The van der Waals surface area contributed by atoms with E-state index in [2.05, 4.69) is 4.98 Å². The Morgan fingerprint density at radius 3 is 2.47 bits per heavy atom. The number of benzene rings is 1. The van der Waals surface area contributed by atoms with Crippen LogP contribution in [0.1, 0.15) is 10.5 Å². The van der Waals surface area contributed by atoms with E-state index in [9.17, 15) is 14.9 Å². The number of carbonyl (C=O) groups is 1. The molecule has 0 spiro atoms. The smallest absolute Gasteiger partial charge is 0.354 e. The molecule has 0 aliphatic rings. The van der Waals surface area contributed by atoms with Gasteiger partial charge in [-0.1, -0.05) is 18.2 Å². The van der Waals surface area contributed by atoms with Gasteiger partial charge in [-0.2, -0.15) is 4.98 Å². The van der Waals surface area contributed by atoms with Gasteiger partial charge < -0.3 is 9.84 Å². The summed E-state index contributed by atoms with van der Waals surface area (Å²) in [4.78, 5) is 24.6. The van der Waals surface area contributed by atoms with Crippen LogP contribution in [0.15, 0.2) is 42.5 Å². The third-order valence-electron chi connectivity index (χ3n) is 2.21. The van der Waals surface area contributed by atoms with Crippen LogP contribution in [0.3, 0.4) is 0 Å². The Morgan fingerprint density at radius 2 is 1.89 bits per heavy atom. The number of para-hydroxylation sites is 1. The second-order valence-electron chi connectivity index (χ2n) is 3.50. The minimum Gasteiger partial charge on any atom is -0.477 e. The lowest BCUT2D eigenvalue weighted by molar-refractivity contribution is -0.386. The van der Waals surface area contributed by atoms with Crippen LogP contribution in [0.2, 0.25) is 0 Å². The summed E-state index contributed by atoms with van der Waals surface area (Å²) < 4.78 is 5.25. The van der Waals surface area contributed by atoms with Crippen LogP contribution in [0, 0.1) is 10.1 Å². The number of aromatic carboxylic acids is 1. The molecule has 0 bridgehead atoms. The first-order valence-corrected chi connectivity index (χ1v) is 5.19. The summed E-state index contributed by atoms with van der Waals surface area (Å²) in [7, 11) is 0. The highest BCUT2D eigenvalue weighted by atomic mass is 16.6. The molecule has 0 atom stereocenters. The van der Waals surface area contributed by atoms with Crippen molar-refractivity contribution in [1.29, 1.82) is 0 Å². The van der Waals surface area contributed by atoms with Crippen molar-refractivity contribution in [3.8, 4) is 11.6 Å². The zero-order valence-corrected chi connectivity index (χ0v) is 9.52. The van der Waals surface area contributed by atoms with E-state index in [4.69, 9.17) is 9.84 Å². The Balaban J connectivity index is 2.43. The minimum absolute atomic E-state index is 0.323. The number of pyridine rings is 1. The predicted molar refractivity (Wildman–Crippen MR) is 64.4 cm³/mol. The fourth-order valence-electron chi connectivity index (χ4n) is 1.37. The Hall–Kier alpha value is -2.96. The van der Waals surface area contributed by atoms with E-state index >= 15 is 0 Å². The van der Waals surface area contributed by atoms with E-state index in [1.54, 1.807) is 30.3 Å². The molecule has 1 heterocycles. The SMILES string of the molecule is O=C(O)c1ccc([N+](=O)[O-])c(Oc2ccccc2)n1. The van der Waals surface area contributed by atoms with Crippen LogP contribution in [0.25, 0.3) is 0 Å². The third kappa shape index (κ3) is 2.83. The molecule has 0 unspecified atom stereocenters. The highest BCUT2D eigenvalue weighted by molar-refractivity contribution is 5.85. The van der Waals surface area contributed by atoms with Gasteiger partial charge in [-0.05, 0) is 18.2 Å². The first kappa shape index (κ1) is 12.5. The topological polar surface area (TPSA) is 103 Å². The molecule has 0 fully saturated rings. The molecular formula is C12H8N2O5. The van der Waals surface area contributed by atoms with Crippen molar-refractivity contribution in [1.82, 2.24) is 4.98 Å². The quantitative estimate of drug-likeness (QED) is 0.669. The third-order valence-corrected chi connectivity index (χ3v) is 2.21. The Bertz CT molecular complexity index is 627. The number of hydrogen-bond donors (Lipinski definition) is 1. The first-order chi connectivity index (χ1) is 9.08. The van der Waals surface area contributed by atoms with Crippen LogP contribution in [-0.4, -0.2) is 21.0 Å². The number of hydrogen-bond acceptors (Lipinski definition) is 5. The van der Waals surface area contributed by atoms with Crippen molar-refractivity contribution in [2.24, 2.45) is 0 Å². The highest BCUT2D eigenvalue weighted by Gasteiger charge is 2.20. The molecule has 0 aliphatic carbocycles. The lowest BCUT2D eigenvalue weighted by atomic mass is 10.3. The van der Waals surface area contributed by atoms with Crippen LogP contribution >= 0.6 is 0 Å². The summed E-state index contributed by atoms with van der Waals surface area (Å²) in [6.07, 6.45) is 0. The summed E-state index contributed by atoms with van der Waals surface area (Å²) in [5.74, 6) is -1.30. The maximum Gasteiger partial charge on any atom is 0.354 e. The van der Waals surface area contributed by atoms with Gasteiger partial charge in [0.15, 0.2) is 5.69 Å². The minimum atomic E-state index is -1.28. The molecule has 0 amide bonds. The van der Waals surface area contributed by atoms with Crippen LogP contribution in [0.5, 0.6) is 11.6 Å². The summed E-state index contributed by atoms with van der Waals surface area (Å²) >= 11 is 0. The van der Waals surface area contributed by atoms with E-state index in [1.165, 1.54) is 0 Å². The van der Waals surface area contributed by atoms with Gasteiger partial charge in [0.25, 0.3) is 5.88 Å². The van der Waals surface area contributed by atoms with Gasteiger partial charge in [-0.3, -0.25) is 10.1 Å². The van der Waals surface area contributed by atoms with Crippen LogP contribution < -0.4 is 4.74 Å². The molecule has 0 saturated carbocycles. The predicted octanol–water partition coefficient (Wildman–Crippen LogP) is 2.48. The fraction of sp³-hybridized carbons (Fsp3) is 0. The molecule has 0 radical (unpaired) electrons. The summed E-state index contributed by atoms with van der Waals surface area (Å²) in [6, 6.07) is 10.4. The summed E-state index contributed by atoms with van der Waals surface area (Å²) in [5, 5.41) is 19.6. The Labute approximate surface area is 107 Å². The maximum absolute atomic E-state index is 10.8. The van der Waals surface area contributed by atoms with Gasteiger partial charge in [0, 0.05) is 6.07 Å². The summed E-state index contributed by atoms with van der Waals surface area (Å²) in [5.41, 5.74) is -0.717. The van der Waals surface area contributed by atoms with E-state index in [-0.39, 0.29) is 11.6 Å². The Morgan fingerprint density at radius 1 is 1.21 bits per heavy atom. The second-order valence-corrected chi connectivity index (χ2v) is 3.50. The monoisotopic (exact) mass is 260 g/mol. The van der Waals surface area contributed by atoms with E-state index < -0.39 is 16.6 Å². The number of carboxylic acid groups (broad SMARTS) is 1. The molecule has 2 rings (SSSR count). The zero-order valence-electron chi connectivity index (χ0n) is 9.52. The summed E-state index contributed by atoms with van der Waals surface area (Å²) in [6.45, 7) is 0. The second kappa shape index (κ2) is 5.13. The molecular weight excluding hydrogens is 252 g/mol. The van der Waals surface area contributed by atoms with Gasteiger partial charge in [-0.25, -0.2) is 4.79 Å². The van der Waals surface area contributed by atoms with Crippen molar-refractivity contribution >= 4 is 11.7 Å². The van der Waals surface area contributed by atoms with E-state index in [1.807, 2.05) is 0 Å². The fourth-order valence-corrected chi connectivity index (χ4v) is 1.37.